The van der Waals surface area contributed by atoms with E-state index < -0.39 is 11.9 Å². The highest BCUT2D eigenvalue weighted by Crippen LogP contribution is 2.23. The minimum atomic E-state index is -0.684. The first-order chi connectivity index (χ1) is 12.0. The molecule has 25 heavy (non-hydrogen) atoms. The second-order valence-electron chi connectivity index (χ2n) is 5.42. The highest BCUT2D eigenvalue weighted by Gasteiger charge is 2.14. The van der Waals surface area contributed by atoms with Gasteiger partial charge < -0.3 is 15.8 Å². The first kappa shape index (κ1) is 16.4. The molecule has 1 heterocycles. The van der Waals surface area contributed by atoms with Gasteiger partial charge in [-0.1, -0.05) is 18.2 Å². The lowest BCUT2D eigenvalue weighted by molar-refractivity contribution is 0.102. The molecule has 3 aromatic rings. The Kier molecular flexibility index (Phi) is 4.61. The molecule has 0 radical (unpaired) electrons. The lowest BCUT2D eigenvalue weighted by atomic mass is 10.1. The number of nitrogen functional groups attached to an aromatic ring is 1. The Morgan fingerprint density at radius 3 is 2.40 bits per heavy atom. The van der Waals surface area contributed by atoms with Crippen LogP contribution in [-0.4, -0.2) is 10.9 Å². The van der Waals surface area contributed by atoms with E-state index in [-0.39, 0.29) is 16.9 Å². The van der Waals surface area contributed by atoms with Crippen LogP contribution < -0.4 is 15.8 Å². The molecule has 1 amide bonds. The number of nitrogens with two attached hydrogens (primary N) is 1. The number of benzene rings is 2. The summed E-state index contributed by atoms with van der Waals surface area (Å²) in [5, 5.41) is 2.70. The van der Waals surface area contributed by atoms with Crippen LogP contribution in [0.15, 0.2) is 60.7 Å². The number of hydrogen-bond acceptors (Lipinski definition) is 4. The molecule has 2 aromatic carbocycles. The third-order valence-electron chi connectivity index (χ3n) is 3.52. The molecule has 0 saturated heterocycles. The van der Waals surface area contributed by atoms with Crippen molar-refractivity contribution in [2.24, 2.45) is 0 Å². The number of ether oxygens (including phenoxy) is 1. The van der Waals surface area contributed by atoms with Crippen LogP contribution >= 0.6 is 0 Å². The number of anilines is 2. The van der Waals surface area contributed by atoms with E-state index in [0.717, 1.165) is 5.75 Å². The van der Waals surface area contributed by atoms with Crippen molar-refractivity contribution in [1.82, 2.24) is 4.98 Å². The third-order valence-corrected chi connectivity index (χ3v) is 3.52. The Balaban J connectivity index is 1.71. The minimum Gasteiger partial charge on any atom is -0.457 e. The van der Waals surface area contributed by atoms with Crippen molar-refractivity contribution in [3.63, 3.8) is 0 Å². The molecule has 0 unspecified atom stereocenters. The molecular weight excluding hydrogens is 321 g/mol. The molecule has 0 aliphatic carbocycles. The van der Waals surface area contributed by atoms with E-state index in [9.17, 15) is 9.18 Å². The maximum Gasteiger partial charge on any atom is 0.259 e. The quantitative estimate of drug-likeness (QED) is 0.701. The van der Waals surface area contributed by atoms with Gasteiger partial charge in [-0.05, 0) is 49.4 Å². The number of aromatic nitrogens is 1. The topological polar surface area (TPSA) is 77.2 Å². The zero-order valence-electron chi connectivity index (χ0n) is 13.5. The standard InChI is InChI=1S/C19H16FN3O2/c1-12-11-16(18(21)23-17(12)20)19(24)22-13-7-9-15(10-8-13)25-14-5-3-2-4-6-14/h2-11H,1H3,(H2,21,23)(H,22,24). The Hall–Kier alpha value is -3.41. The average molecular weight is 337 g/mol. The van der Waals surface area contributed by atoms with Crippen LogP contribution in [0.25, 0.3) is 0 Å². The van der Waals surface area contributed by atoms with Gasteiger partial charge in [0.1, 0.15) is 17.3 Å². The summed E-state index contributed by atoms with van der Waals surface area (Å²) in [6, 6.07) is 17.6. The van der Waals surface area contributed by atoms with Gasteiger partial charge >= 0.3 is 0 Å². The molecule has 0 saturated carbocycles. The number of nitrogens with one attached hydrogen (secondary N) is 1. The molecule has 5 nitrogen and oxygen atoms in total. The number of carbonyl (C=O) groups is 1. The zero-order chi connectivity index (χ0) is 17.8. The summed E-state index contributed by atoms with van der Waals surface area (Å²) in [6.45, 7) is 1.52. The lowest BCUT2D eigenvalue weighted by Gasteiger charge is -2.10. The SMILES string of the molecule is Cc1cc(C(=O)Nc2ccc(Oc3ccccc3)cc2)c(N)nc1F. The number of para-hydroxylation sites is 1. The Morgan fingerprint density at radius 2 is 1.72 bits per heavy atom. The van der Waals surface area contributed by atoms with E-state index in [2.05, 4.69) is 10.3 Å². The van der Waals surface area contributed by atoms with E-state index in [1.165, 1.54) is 13.0 Å². The molecule has 126 valence electrons. The van der Waals surface area contributed by atoms with Crippen molar-refractivity contribution >= 4 is 17.4 Å². The van der Waals surface area contributed by atoms with Crippen LogP contribution in [-0.2, 0) is 0 Å². The molecule has 3 N–H and O–H groups in total. The smallest absolute Gasteiger partial charge is 0.259 e. The molecular formula is C19H16FN3O2. The highest BCUT2D eigenvalue weighted by molar-refractivity contribution is 6.07. The van der Waals surface area contributed by atoms with E-state index >= 15 is 0 Å². The molecule has 6 heteroatoms. The number of halogens is 1. The van der Waals surface area contributed by atoms with Crippen molar-refractivity contribution in [1.29, 1.82) is 0 Å². The van der Waals surface area contributed by atoms with Crippen LogP contribution in [0.1, 0.15) is 15.9 Å². The normalized spacial score (nSPS) is 10.3. The lowest BCUT2D eigenvalue weighted by Crippen LogP contribution is -2.16. The fraction of sp³-hybridized carbons (Fsp3) is 0.0526. The molecule has 1 aromatic heterocycles. The van der Waals surface area contributed by atoms with Crippen LogP contribution in [0.3, 0.4) is 0 Å². The van der Waals surface area contributed by atoms with Crippen molar-refractivity contribution in [3.8, 4) is 11.5 Å². The molecule has 0 spiro atoms. The van der Waals surface area contributed by atoms with Gasteiger partial charge in [0.25, 0.3) is 5.91 Å². The number of nitrogens with zero attached hydrogens (tertiary/aromatic N) is 1. The zero-order valence-corrected chi connectivity index (χ0v) is 13.5. The van der Waals surface area contributed by atoms with Crippen LogP contribution in [0.2, 0.25) is 0 Å². The van der Waals surface area contributed by atoms with Crippen molar-refractivity contribution in [3.05, 3.63) is 77.7 Å². The predicted molar refractivity (Wildman–Crippen MR) is 94.3 cm³/mol. The maximum atomic E-state index is 13.3. The monoisotopic (exact) mass is 337 g/mol. The number of hydrogen-bond donors (Lipinski definition) is 2. The molecule has 0 fully saturated rings. The van der Waals surface area contributed by atoms with Crippen LogP contribution in [0.4, 0.5) is 15.9 Å². The fourth-order valence-corrected chi connectivity index (χ4v) is 2.22. The van der Waals surface area contributed by atoms with Crippen molar-refractivity contribution in [2.75, 3.05) is 11.1 Å². The van der Waals surface area contributed by atoms with Crippen molar-refractivity contribution in [2.45, 2.75) is 6.92 Å². The highest BCUT2D eigenvalue weighted by atomic mass is 19.1. The second kappa shape index (κ2) is 7.00. The predicted octanol–water partition coefficient (Wildman–Crippen LogP) is 4.16. The van der Waals surface area contributed by atoms with Crippen molar-refractivity contribution < 1.29 is 13.9 Å². The third kappa shape index (κ3) is 3.92. The Labute approximate surface area is 144 Å². The largest absolute Gasteiger partial charge is 0.457 e. The molecule has 0 atom stereocenters. The first-order valence-electron chi connectivity index (χ1n) is 7.60. The molecule has 0 bridgehead atoms. The first-order valence-corrected chi connectivity index (χ1v) is 7.60. The van der Waals surface area contributed by atoms with E-state index in [0.29, 0.717) is 11.4 Å². The minimum absolute atomic E-state index is 0.128. The second-order valence-corrected chi connectivity index (χ2v) is 5.42. The van der Waals surface area contributed by atoms with E-state index in [4.69, 9.17) is 10.5 Å². The fourth-order valence-electron chi connectivity index (χ4n) is 2.22. The number of carbonyl (C=O) groups excluding carboxylic acids is 1. The van der Waals surface area contributed by atoms with Gasteiger partial charge in [-0.25, -0.2) is 4.98 Å². The summed E-state index contributed by atoms with van der Waals surface area (Å²) >= 11 is 0. The maximum absolute atomic E-state index is 13.3. The van der Waals surface area contributed by atoms with Gasteiger partial charge in [0, 0.05) is 11.3 Å². The summed E-state index contributed by atoms with van der Waals surface area (Å²) in [5.41, 5.74) is 6.57. The van der Waals surface area contributed by atoms with Gasteiger partial charge in [0.05, 0.1) is 5.56 Å². The summed E-state index contributed by atoms with van der Waals surface area (Å²) in [6.07, 6.45) is 0. The Bertz CT molecular complexity index is 897. The van der Waals surface area contributed by atoms with Crippen LogP contribution in [0.5, 0.6) is 11.5 Å². The van der Waals surface area contributed by atoms with Gasteiger partial charge in [-0.3, -0.25) is 4.79 Å². The van der Waals surface area contributed by atoms with Gasteiger partial charge in [-0.15, -0.1) is 0 Å². The van der Waals surface area contributed by atoms with Gasteiger partial charge in [0.2, 0.25) is 5.95 Å². The number of rotatable bonds is 4. The average Bonchev–Trinajstić information content (AvgIpc) is 2.60. The van der Waals surface area contributed by atoms with Gasteiger partial charge in [-0.2, -0.15) is 4.39 Å². The molecule has 0 aliphatic rings. The summed E-state index contributed by atoms with van der Waals surface area (Å²) in [7, 11) is 0. The van der Waals surface area contributed by atoms with Crippen LogP contribution in [0, 0.1) is 12.9 Å². The summed E-state index contributed by atoms with van der Waals surface area (Å²) in [4.78, 5) is 15.8. The number of aryl methyl sites for hydroxylation is 1. The number of pyridine rings is 1. The van der Waals surface area contributed by atoms with Gasteiger partial charge in [0.15, 0.2) is 0 Å². The molecule has 3 rings (SSSR count). The number of amides is 1. The summed E-state index contributed by atoms with van der Waals surface area (Å²) < 4.78 is 19.0. The summed E-state index contributed by atoms with van der Waals surface area (Å²) in [5.74, 6) is 0.0776. The Morgan fingerprint density at radius 1 is 1.08 bits per heavy atom. The van der Waals surface area contributed by atoms with E-state index in [1.54, 1.807) is 24.3 Å². The van der Waals surface area contributed by atoms with E-state index in [1.807, 2.05) is 30.3 Å². The molecule has 0 aliphatic heterocycles.